The Labute approximate surface area is 117 Å². The van der Waals surface area contributed by atoms with E-state index >= 15 is 0 Å². The Morgan fingerprint density at radius 1 is 1.16 bits per heavy atom. The Morgan fingerprint density at radius 3 is 2.79 bits per heavy atom. The molecule has 0 aromatic heterocycles. The van der Waals surface area contributed by atoms with Gasteiger partial charge in [-0.05, 0) is 35.9 Å². The highest BCUT2D eigenvalue weighted by Crippen LogP contribution is 2.12. The third-order valence-electron chi connectivity index (χ3n) is 2.35. The zero-order valence-electron chi connectivity index (χ0n) is 9.82. The van der Waals surface area contributed by atoms with E-state index in [1.807, 2.05) is 24.3 Å². The van der Waals surface area contributed by atoms with Gasteiger partial charge in [-0.3, -0.25) is 0 Å². The van der Waals surface area contributed by atoms with Crippen LogP contribution >= 0.6 is 15.9 Å². The first-order chi connectivity index (χ1) is 9.15. The van der Waals surface area contributed by atoms with Crippen molar-refractivity contribution in [2.45, 2.75) is 6.61 Å². The normalized spacial score (nSPS) is 10.9. The minimum Gasteiger partial charge on any atom is -0.391 e. The highest BCUT2D eigenvalue weighted by atomic mass is 79.9. The topological polar surface area (TPSA) is 21.6 Å². The summed E-state index contributed by atoms with van der Waals surface area (Å²) in [7, 11) is 0. The second kappa shape index (κ2) is 6.43. The number of hydrogen-bond donors (Lipinski definition) is 0. The molecule has 0 bridgehead atoms. The Hall–Kier alpha value is -1.75. The van der Waals surface area contributed by atoms with Crippen molar-refractivity contribution in [2.75, 3.05) is 0 Å². The predicted octanol–water partition coefficient (Wildman–Crippen LogP) is 4.28. The lowest BCUT2D eigenvalue weighted by atomic mass is 10.2. The zero-order chi connectivity index (χ0) is 13.7. The minimum absolute atomic E-state index is 0.117. The third kappa shape index (κ3) is 4.13. The molecule has 0 N–H and O–H groups in total. The van der Waals surface area contributed by atoms with Gasteiger partial charge in [0, 0.05) is 10.0 Å². The van der Waals surface area contributed by atoms with Crippen LogP contribution in [-0.2, 0) is 11.4 Å². The Morgan fingerprint density at radius 2 is 2.00 bits per heavy atom. The molecule has 98 valence electrons. The summed E-state index contributed by atoms with van der Waals surface area (Å²) in [5, 5.41) is 3.71. The van der Waals surface area contributed by atoms with Crippen molar-refractivity contribution >= 4 is 22.1 Å². The molecule has 2 aromatic carbocycles. The second-order valence-corrected chi connectivity index (χ2v) is 4.71. The maximum atomic E-state index is 13.3. The fraction of sp³-hybridized carbons (Fsp3) is 0.0714. The van der Waals surface area contributed by atoms with Crippen molar-refractivity contribution in [3.05, 3.63) is 69.7 Å². The molecule has 0 atom stereocenters. The van der Waals surface area contributed by atoms with Crippen molar-refractivity contribution in [1.82, 2.24) is 0 Å². The number of halogens is 3. The first kappa shape index (κ1) is 13.7. The molecular weight excluding hydrogens is 316 g/mol. The van der Waals surface area contributed by atoms with Crippen LogP contribution in [-0.4, -0.2) is 6.21 Å². The zero-order valence-corrected chi connectivity index (χ0v) is 11.4. The van der Waals surface area contributed by atoms with Crippen LogP contribution in [0.2, 0.25) is 0 Å². The van der Waals surface area contributed by atoms with Crippen molar-refractivity contribution in [3.63, 3.8) is 0 Å². The number of nitrogens with zero attached hydrogens (tertiary/aromatic N) is 1. The summed E-state index contributed by atoms with van der Waals surface area (Å²) in [6.45, 7) is -0.117. The van der Waals surface area contributed by atoms with Crippen LogP contribution in [0.4, 0.5) is 8.78 Å². The number of benzene rings is 2. The van der Waals surface area contributed by atoms with Gasteiger partial charge in [0.2, 0.25) is 0 Å². The number of hydrogen-bond acceptors (Lipinski definition) is 2. The maximum Gasteiger partial charge on any atom is 0.145 e. The van der Waals surface area contributed by atoms with Crippen LogP contribution in [0, 0.1) is 11.6 Å². The van der Waals surface area contributed by atoms with Gasteiger partial charge in [0.1, 0.15) is 18.2 Å². The lowest BCUT2D eigenvalue weighted by Gasteiger charge is -2.01. The molecule has 0 radical (unpaired) electrons. The van der Waals surface area contributed by atoms with Crippen molar-refractivity contribution in [1.29, 1.82) is 0 Å². The van der Waals surface area contributed by atoms with Crippen LogP contribution in [0.3, 0.4) is 0 Å². The highest BCUT2D eigenvalue weighted by molar-refractivity contribution is 9.10. The van der Waals surface area contributed by atoms with Crippen LogP contribution in [0.25, 0.3) is 0 Å². The molecule has 2 nitrogen and oxygen atoms in total. The number of oxime groups is 1. The molecule has 5 heteroatoms. The van der Waals surface area contributed by atoms with Gasteiger partial charge in [-0.2, -0.15) is 0 Å². The van der Waals surface area contributed by atoms with Gasteiger partial charge in [-0.1, -0.05) is 33.2 Å². The smallest absolute Gasteiger partial charge is 0.145 e. The fourth-order valence-corrected chi connectivity index (χ4v) is 1.86. The third-order valence-corrected chi connectivity index (χ3v) is 2.85. The van der Waals surface area contributed by atoms with E-state index < -0.39 is 11.6 Å². The molecule has 0 heterocycles. The molecule has 0 aliphatic rings. The van der Waals surface area contributed by atoms with Gasteiger partial charge in [0.25, 0.3) is 0 Å². The monoisotopic (exact) mass is 325 g/mol. The molecule has 0 saturated carbocycles. The van der Waals surface area contributed by atoms with E-state index in [4.69, 9.17) is 4.84 Å². The van der Waals surface area contributed by atoms with E-state index in [2.05, 4.69) is 21.1 Å². The van der Waals surface area contributed by atoms with Gasteiger partial charge in [-0.25, -0.2) is 8.78 Å². The van der Waals surface area contributed by atoms with E-state index in [0.717, 1.165) is 28.2 Å². The minimum atomic E-state index is -0.515. The standard InChI is InChI=1S/C14H10BrF2NO/c15-12-3-1-2-10(6-12)8-18-19-9-11-7-13(16)4-5-14(11)17/h1-8H,9H2. The summed E-state index contributed by atoms with van der Waals surface area (Å²) in [5.74, 6) is -1.02. The Kier molecular flexibility index (Phi) is 4.63. The summed E-state index contributed by atoms with van der Waals surface area (Å²) < 4.78 is 27.1. The molecule has 0 amide bonds. The maximum absolute atomic E-state index is 13.3. The molecule has 0 saturated heterocycles. The fourth-order valence-electron chi connectivity index (χ4n) is 1.45. The van der Waals surface area contributed by atoms with E-state index in [1.165, 1.54) is 6.21 Å². The quantitative estimate of drug-likeness (QED) is 0.607. The Balaban J connectivity index is 1.95. The molecule has 0 unspecified atom stereocenters. The summed E-state index contributed by atoms with van der Waals surface area (Å²) in [6, 6.07) is 10.7. The van der Waals surface area contributed by atoms with Crippen LogP contribution in [0.15, 0.2) is 52.1 Å². The van der Waals surface area contributed by atoms with E-state index in [9.17, 15) is 8.78 Å². The second-order valence-electron chi connectivity index (χ2n) is 3.80. The van der Waals surface area contributed by atoms with Gasteiger partial charge < -0.3 is 4.84 Å². The predicted molar refractivity (Wildman–Crippen MR) is 72.9 cm³/mol. The molecule has 0 aliphatic carbocycles. The lowest BCUT2D eigenvalue weighted by Crippen LogP contribution is -1.94. The molecule has 0 aliphatic heterocycles. The van der Waals surface area contributed by atoms with E-state index in [-0.39, 0.29) is 12.2 Å². The van der Waals surface area contributed by atoms with Gasteiger partial charge in [-0.15, -0.1) is 0 Å². The SMILES string of the molecule is Fc1ccc(F)c(CON=Cc2cccc(Br)c2)c1. The molecular formula is C14H10BrF2NO. The van der Waals surface area contributed by atoms with Crippen LogP contribution in [0.1, 0.15) is 11.1 Å². The van der Waals surface area contributed by atoms with Crippen molar-refractivity contribution in [2.24, 2.45) is 5.16 Å². The van der Waals surface area contributed by atoms with Crippen molar-refractivity contribution < 1.29 is 13.6 Å². The average molecular weight is 326 g/mol. The van der Waals surface area contributed by atoms with Gasteiger partial charge in [0.15, 0.2) is 0 Å². The molecule has 2 rings (SSSR count). The van der Waals surface area contributed by atoms with Gasteiger partial charge in [0.05, 0.1) is 6.21 Å². The van der Waals surface area contributed by atoms with Gasteiger partial charge >= 0.3 is 0 Å². The average Bonchev–Trinajstić information content (AvgIpc) is 2.39. The summed E-state index contributed by atoms with van der Waals surface area (Å²) in [6.07, 6.45) is 1.50. The van der Waals surface area contributed by atoms with Crippen LogP contribution < -0.4 is 0 Å². The molecule has 19 heavy (non-hydrogen) atoms. The molecule has 0 fully saturated rings. The first-order valence-electron chi connectivity index (χ1n) is 5.50. The molecule has 2 aromatic rings. The van der Waals surface area contributed by atoms with Crippen molar-refractivity contribution in [3.8, 4) is 0 Å². The summed E-state index contributed by atoms with van der Waals surface area (Å²) >= 11 is 3.33. The van der Waals surface area contributed by atoms with E-state index in [1.54, 1.807) is 0 Å². The number of rotatable bonds is 4. The highest BCUT2D eigenvalue weighted by Gasteiger charge is 2.03. The summed E-state index contributed by atoms with van der Waals surface area (Å²) in [5.41, 5.74) is 0.973. The summed E-state index contributed by atoms with van der Waals surface area (Å²) in [4.78, 5) is 4.95. The lowest BCUT2D eigenvalue weighted by molar-refractivity contribution is 0.129. The largest absolute Gasteiger partial charge is 0.391 e. The first-order valence-corrected chi connectivity index (χ1v) is 6.29. The Bertz CT molecular complexity index is 602. The van der Waals surface area contributed by atoms with E-state index in [0.29, 0.717) is 0 Å². The molecule has 0 spiro atoms. The van der Waals surface area contributed by atoms with Crippen LogP contribution in [0.5, 0.6) is 0 Å².